The number of benzene rings is 1. The van der Waals surface area contributed by atoms with Gasteiger partial charge in [0.05, 0.1) is 12.1 Å². The van der Waals surface area contributed by atoms with Crippen LogP contribution >= 0.6 is 0 Å². The lowest BCUT2D eigenvalue weighted by molar-refractivity contribution is -0.123. The van der Waals surface area contributed by atoms with E-state index < -0.39 is 0 Å². The molecular weight excluding hydrogens is 262 g/mol. The van der Waals surface area contributed by atoms with Crippen LogP contribution in [0.3, 0.4) is 0 Å². The highest BCUT2D eigenvalue weighted by molar-refractivity contribution is 5.76. The number of nitrogens with one attached hydrogen (secondary N) is 1. The van der Waals surface area contributed by atoms with Crippen LogP contribution in [0.25, 0.3) is 0 Å². The van der Waals surface area contributed by atoms with Crippen molar-refractivity contribution in [2.24, 2.45) is 0 Å². The first-order chi connectivity index (χ1) is 9.99. The van der Waals surface area contributed by atoms with E-state index in [0.29, 0.717) is 6.42 Å². The van der Waals surface area contributed by atoms with E-state index in [9.17, 15) is 9.90 Å². The maximum absolute atomic E-state index is 12.1. The quantitative estimate of drug-likeness (QED) is 0.874. The van der Waals surface area contributed by atoms with Crippen molar-refractivity contribution in [1.29, 1.82) is 0 Å². The van der Waals surface area contributed by atoms with Gasteiger partial charge in [0.15, 0.2) is 0 Å². The van der Waals surface area contributed by atoms with Crippen LogP contribution in [0.15, 0.2) is 30.3 Å². The number of hydrogen-bond donors (Lipinski definition) is 2. The lowest BCUT2D eigenvalue weighted by atomic mass is 9.80. The summed E-state index contributed by atoms with van der Waals surface area (Å²) in [6.07, 6.45) is 4.81. The van der Waals surface area contributed by atoms with Gasteiger partial charge < -0.3 is 10.4 Å². The van der Waals surface area contributed by atoms with Crippen molar-refractivity contribution in [3.63, 3.8) is 0 Å². The Morgan fingerprint density at radius 2 is 1.90 bits per heavy atom. The molecule has 0 aromatic heterocycles. The smallest absolute Gasteiger partial charge is 0.220 e. The van der Waals surface area contributed by atoms with Crippen LogP contribution in [-0.4, -0.2) is 23.2 Å². The molecule has 0 heterocycles. The molecule has 1 aliphatic carbocycles. The molecule has 1 aromatic carbocycles. The third-order valence-corrected chi connectivity index (χ3v) is 4.61. The third kappa shape index (κ3) is 4.57. The maximum atomic E-state index is 12.1. The number of aliphatic hydroxyl groups excluding tert-OH is 1. The standard InChI is InChI=1S/C18H27NO2/c1-18(2,14-8-4-3-5-9-14)13-12-17(21)19-15-10-6-7-11-16(15)20/h3-5,8-9,15-16,20H,6-7,10-13H2,1-2H3,(H,19,21). The Kier molecular flexibility index (Phi) is 5.40. The van der Waals surface area contributed by atoms with Crippen molar-refractivity contribution < 1.29 is 9.90 Å². The van der Waals surface area contributed by atoms with Crippen molar-refractivity contribution in [2.75, 3.05) is 0 Å². The number of hydrogen-bond acceptors (Lipinski definition) is 2. The van der Waals surface area contributed by atoms with E-state index in [0.717, 1.165) is 32.1 Å². The predicted octanol–water partition coefficient (Wildman–Crippen LogP) is 3.16. The molecule has 1 aliphatic rings. The summed E-state index contributed by atoms with van der Waals surface area (Å²) >= 11 is 0. The Morgan fingerprint density at radius 1 is 1.24 bits per heavy atom. The Labute approximate surface area is 127 Å². The van der Waals surface area contributed by atoms with E-state index >= 15 is 0 Å². The van der Waals surface area contributed by atoms with Gasteiger partial charge in [0.2, 0.25) is 5.91 Å². The highest BCUT2D eigenvalue weighted by Gasteiger charge is 2.26. The Bertz CT molecular complexity index is 456. The molecule has 0 radical (unpaired) electrons. The van der Waals surface area contributed by atoms with E-state index in [4.69, 9.17) is 0 Å². The predicted molar refractivity (Wildman–Crippen MR) is 85.1 cm³/mol. The van der Waals surface area contributed by atoms with Crippen LogP contribution in [0.5, 0.6) is 0 Å². The highest BCUT2D eigenvalue weighted by atomic mass is 16.3. The summed E-state index contributed by atoms with van der Waals surface area (Å²) in [6, 6.07) is 10.3. The number of rotatable bonds is 5. The van der Waals surface area contributed by atoms with Gasteiger partial charge in [0, 0.05) is 6.42 Å². The molecule has 0 saturated heterocycles. The molecule has 21 heavy (non-hydrogen) atoms. The maximum Gasteiger partial charge on any atom is 0.220 e. The van der Waals surface area contributed by atoms with Gasteiger partial charge in [-0.05, 0) is 30.2 Å². The van der Waals surface area contributed by atoms with Gasteiger partial charge in [-0.25, -0.2) is 0 Å². The summed E-state index contributed by atoms with van der Waals surface area (Å²) in [6.45, 7) is 4.34. The first kappa shape index (κ1) is 16.0. The molecule has 1 aromatic rings. The normalized spacial score (nSPS) is 22.8. The van der Waals surface area contributed by atoms with Crippen LogP contribution in [0.2, 0.25) is 0 Å². The summed E-state index contributed by atoms with van der Waals surface area (Å²) in [5.74, 6) is 0.0601. The Morgan fingerprint density at radius 3 is 2.57 bits per heavy atom. The molecule has 3 nitrogen and oxygen atoms in total. The minimum Gasteiger partial charge on any atom is -0.391 e. The largest absolute Gasteiger partial charge is 0.391 e. The molecule has 1 fully saturated rings. The molecular formula is C18H27NO2. The fraction of sp³-hybridized carbons (Fsp3) is 0.611. The van der Waals surface area contributed by atoms with Crippen molar-refractivity contribution >= 4 is 5.91 Å². The Balaban J connectivity index is 1.83. The molecule has 1 amide bonds. The average Bonchev–Trinajstić information content (AvgIpc) is 2.49. The molecule has 116 valence electrons. The second-order valence-electron chi connectivity index (χ2n) is 6.78. The van der Waals surface area contributed by atoms with Gasteiger partial charge in [0.1, 0.15) is 0 Å². The van der Waals surface area contributed by atoms with E-state index in [1.165, 1.54) is 5.56 Å². The third-order valence-electron chi connectivity index (χ3n) is 4.61. The van der Waals surface area contributed by atoms with Gasteiger partial charge in [-0.3, -0.25) is 4.79 Å². The SMILES string of the molecule is CC(C)(CCC(=O)NC1CCCCC1O)c1ccccc1. The van der Waals surface area contributed by atoms with Gasteiger partial charge in [0.25, 0.3) is 0 Å². The molecule has 0 aliphatic heterocycles. The van der Waals surface area contributed by atoms with Crippen molar-refractivity contribution in [1.82, 2.24) is 5.32 Å². The molecule has 1 saturated carbocycles. The van der Waals surface area contributed by atoms with Gasteiger partial charge in [-0.2, -0.15) is 0 Å². The van der Waals surface area contributed by atoms with Crippen molar-refractivity contribution in [2.45, 2.75) is 69.9 Å². The van der Waals surface area contributed by atoms with Gasteiger partial charge >= 0.3 is 0 Å². The zero-order valence-corrected chi connectivity index (χ0v) is 13.1. The second kappa shape index (κ2) is 7.08. The number of carbonyl (C=O) groups is 1. The summed E-state index contributed by atoms with van der Waals surface area (Å²) in [7, 11) is 0. The van der Waals surface area contributed by atoms with E-state index in [1.807, 2.05) is 18.2 Å². The lowest BCUT2D eigenvalue weighted by Crippen LogP contribution is -2.45. The van der Waals surface area contributed by atoms with Crippen LogP contribution in [-0.2, 0) is 10.2 Å². The monoisotopic (exact) mass is 289 g/mol. The molecule has 2 atom stereocenters. The minimum absolute atomic E-state index is 0.0101. The van der Waals surface area contributed by atoms with Crippen molar-refractivity contribution in [3.8, 4) is 0 Å². The molecule has 0 spiro atoms. The number of aliphatic hydroxyl groups is 1. The van der Waals surface area contributed by atoms with Crippen LogP contribution in [0.1, 0.15) is 57.9 Å². The number of amides is 1. The topological polar surface area (TPSA) is 49.3 Å². The molecule has 2 unspecified atom stereocenters. The van der Waals surface area contributed by atoms with Gasteiger partial charge in [-0.1, -0.05) is 57.0 Å². The number of carbonyl (C=O) groups excluding carboxylic acids is 1. The average molecular weight is 289 g/mol. The molecule has 2 rings (SSSR count). The molecule has 0 bridgehead atoms. The Hall–Kier alpha value is -1.35. The zero-order valence-electron chi connectivity index (χ0n) is 13.1. The zero-order chi connectivity index (χ0) is 15.3. The molecule has 3 heteroatoms. The summed E-state index contributed by atoms with van der Waals surface area (Å²) in [5, 5.41) is 12.9. The van der Waals surface area contributed by atoms with Crippen LogP contribution in [0.4, 0.5) is 0 Å². The summed E-state index contributed by atoms with van der Waals surface area (Å²) in [5.41, 5.74) is 1.25. The minimum atomic E-state index is -0.371. The summed E-state index contributed by atoms with van der Waals surface area (Å²) < 4.78 is 0. The molecule has 2 N–H and O–H groups in total. The van der Waals surface area contributed by atoms with E-state index in [1.54, 1.807) is 0 Å². The fourth-order valence-corrected chi connectivity index (χ4v) is 3.02. The van der Waals surface area contributed by atoms with Crippen molar-refractivity contribution in [3.05, 3.63) is 35.9 Å². The van der Waals surface area contributed by atoms with E-state index in [2.05, 4.69) is 31.3 Å². The van der Waals surface area contributed by atoms with Gasteiger partial charge in [-0.15, -0.1) is 0 Å². The van der Waals surface area contributed by atoms with E-state index in [-0.39, 0.29) is 23.5 Å². The second-order valence-corrected chi connectivity index (χ2v) is 6.78. The first-order valence-corrected chi connectivity index (χ1v) is 8.02. The summed E-state index contributed by atoms with van der Waals surface area (Å²) in [4.78, 5) is 12.1. The fourth-order valence-electron chi connectivity index (χ4n) is 3.02. The van der Waals surface area contributed by atoms with Crippen LogP contribution < -0.4 is 5.32 Å². The highest BCUT2D eigenvalue weighted by Crippen LogP contribution is 2.28. The lowest BCUT2D eigenvalue weighted by Gasteiger charge is -2.29. The van der Waals surface area contributed by atoms with Crippen LogP contribution in [0, 0.1) is 0 Å². The first-order valence-electron chi connectivity index (χ1n) is 8.02.